The summed E-state index contributed by atoms with van der Waals surface area (Å²) in [6, 6.07) is -0.143. The summed E-state index contributed by atoms with van der Waals surface area (Å²) < 4.78 is 1.91. The van der Waals surface area contributed by atoms with Crippen molar-refractivity contribution in [3.8, 4) is 0 Å². The summed E-state index contributed by atoms with van der Waals surface area (Å²) in [5, 5.41) is 13.3. The molecule has 0 bridgehead atoms. The van der Waals surface area contributed by atoms with Crippen LogP contribution in [0, 0.1) is 0 Å². The van der Waals surface area contributed by atoms with Crippen molar-refractivity contribution in [3.05, 3.63) is 11.9 Å². The van der Waals surface area contributed by atoms with Crippen LogP contribution in [-0.2, 0) is 13.6 Å². The van der Waals surface area contributed by atoms with Gasteiger partial charge in [0, 0.05) is 24.5 Å². The average Bonchev–Trinajstić information content (AvgIpc) is 3.00. The fourth-order valence-corrected chi connectivity index (χ4v) is 2.27. The molecule has 0 spiro atoms. The van der Waals surface area contributed by atoms with Crippen LogP contribution in [0.25, 0.3) is 0 Å². The van der Waals surface area contributed by atoms with Gasteiger partial charge in [-0.2, -0.15) is 11.8 Å². The van der Waals surface area contributed by atoms with Crippen LogP contribution in [-0.4, -0.2) is 38.6 Å². The molecule has 7 heteroatoms. The highest BCUT2D eigenvalue weighted by molar-refractivity contribution is 8.00. The molecule has 0 aromatic carbocycles. The van der Waals surface area contributed by atoms with Gasteiger partial charge in [0.15, 0.2) is 0 Å². The Morgan fingerprint density at radius 1 is 1.59 bits per heavy atom. The fourth-order valence-electron chi connectivity index (χ4n) is 1.54. The zero-order chi connectivity index (χ0) is 12.3. The SMILES string of the molecule is CSC1(CNC(=O)NCc2cn(C)nn2)CC1. The molecule has 1 aromatic heterocycles. The Hall–Kier alpha value is -1.24. The van der Waals surface area contributed by atoms with E-state index in [9.17, 15) is 4.79 Å². The van der Waals surface area contributed by atoms with E-state index < -0.39 is 0 Å². The molecule has 1 aliphatic rings. The van der Waals surface area contributed by atoms with Gasteiger partial charge < -0.3 is 10.6 Å². The minimum Gasteiger partial charge on any atom is -0.337 e. The first-order valence-corrected chi connectivity index (χ1v) is 6.78. The molecule has 0 atom stereocenters. The van der Waals surface area contributed by atoms with E-state index >= 15 is 0 Å². The van der Waals surface area contributed by atoms with Gasteiger partial charge in [0.1, 0.15) is 5.69 Å². The van der Waals surface area contributed by atoms with Crippen molar-refractivity contribution in [2.45, 2.75) is 24.1 Å². The number of hydrogen-bond donors (Lipinski definition) is 2. The zero-order valence-electron chi connectivity index (χ0n) is 10.1. The predicted octanol–water partition coefficient (Wildman–Crippen LogP) is 0.510. The second-order valence-electron chi connectivity index (χ2n) is 4.31. The van der Waals surface area contributed by atoms with Crippen LogP contribution in [0.1, 0.15) is 18.5 Å². The molecule has 1 fully saturated rings. The molecule has 17 heavy (non-hydrogen) atoms. The summed E-state index contributed by atoms with van der Waals surface area (Å²) in [6.45, 7) is 1.15. The number of aromatic nitrogens is 3. The zero-order valence-corrected chi connectivity index (χ0v) is 10.9. The molecule has 0 saturated heterocycles. The van der Waals surface area contributed by atoms with Gasteiger partial charge in [0.25, 0.3) is 0 Å². The maximum absolute atomic E-state index is 11.5. The lowest BCUT2D eigenvalue weighted by Gasteiger charge is -2.13. The van der Waals surface area contributed by atoms with Crippen molar-refractivity contribution in [1.82, 2.24) is 25.6 Å². The van der Waals surface area contributed by atoms with Gasteiger partial charge in [-0.05, 0) is 19.1 Å². The molecule has 1 aliphatic carbocycles. The molecule has 2 amide bonds. The first-order valence-electron chi connectivity index (χ1n) is 5.56. The molecular formula is C10H17N5OS. The molecule has 0 unspecified atom stereocenters. The summed E-state index contributed by atoms with van der Waals surface area (Å²) in [6.07, 6.45) is 6.26. The summed E-state index contributed by atoms with van der Waals surface area (Å²) >= 11 is 1.83. The number of rotatable bonds is 5. The molecule has 2 rings (SSSR count). The Balaban J connectivity index is 1.67. The second kappa shape index (κ2) is 4.95. The third-order valence-corrected chi connectivity index (χ3v) is 4.31. The Morgan fingerprint density at radius 3 is 2.88 bits per heavy atom. The molecule has 1 aromatic rings. The first-order chi connectivity index (χ1) is 8.13. The molecule has 1 heterocycles. The van der Waals surface area contributed by atoms with Crippen LogP contribution < -0.4 is 10.6 Å². The van der Waals surface area contributed by atoms with Crippen molar-refractivity contribution in [3.63, 3.8) is 0 Å². The van der Waals surface area contributed by atoms with Gasteiger partial charge in [-0.25, -0.2) is 4.79 Å². The van der Waals surface area contributed by atoms with E-state index in [0.29, 0.717) is 11.3 Å². The quantitative estimate of drug-likeness (QED) is 0.804. The van der Waals surface area contributed by atoms with Crippen molar-refractivity contribution in [2.75, 3.05) is 12.8 Å². The maximum atomic E-state index is 11.5. The van der Waals surface area contributed by atoms with Gasteiger partial charge in [-0.1, -0.05) is 5.21 Å². The molecule has 0 radical (unpaired) electrons. The Kier molecular flexibility index (Phi) is 3.56. The Bertz CT molecular complexity index is 401. The van der Waals surface area contributed by atoms with Crippen LogP contribution in [0.3, 0.4) is 0 Å². The van der Waals surface area contributed by atoms with Crippen LogP contribution in [0.15, 0.2) is 6.20 Å². The monoisotopic (exact) mass is 255 g/mol. The summed E-state index contributed by atoms with van der Waals surface area (Å²) in [5.74, 6) is 0. The Morgan fingerprint density at radius 2 is 2.35 bits per heavy atom. The number of hydrogen-bond acceptors (Lipinski definition) is 4. The third-order valence-electron chi connectivity index (χ3n) is 2.89. The lowest BCUT2D eigenvalue weighted by atomic mass is 10.4. The van der Waals surface area contributed by atoms with Crippen molar-refractivity contribution in [2.24, 2.45) is 7.05 Å². The number of carbonyl (C=O) groups is 1. The lowest BCUT2D eigenvalue weighted by Crippen LogP contribution is -2.39. The van der Waals surface area contributed by atoms with E-state index in [4.69, 9.17) is 0 Å². The maximum Gasteiger partial charge on any atom is 0.315 e. The van der Waals surface area contributed by atoms with Crippen molar-refractivity contribution >= 4 is 17.8 Å². The van der Waals surface area contributed by atoms with Gasteiger partial charge >= 0.3 is 6.03 Å². The van der Waals surface area contributed by atoms with Gasteiger partial charge in [0.2, 0.25) is 0 Å². The van der Waals surface area contributed by atoms with Crippen LogP contribution >= 0.6 is 11.8 Å². The molecule has 2 N–H and O–H groups in total. The number of nitrogens with zero attached hydrogens (tertiary/aromatic N) is 3. The van der Waals surface area contributed by atoms with Crippen molar-refractivity contribution in [1.29, 1.82) is 0 Å². The first kappa shape index (κ1) is 12.2. The molecule has 1 saturated carbocycles. The van der Waals surface area contributed by atoms with Crippen LogP contribution in [0.4, 0.5) is 4.79 Å². The molecule has 94 valence electrons. The number of aryl methyl sites for hydroxylation is 1. The van der Waals surface area contributed by atoms with Crippen molar-refractivity contribution < 1.29 is 4.79 Å². The smallest absolute Gasteiger partial charge is 0.315 e. The van der Waals surface area contributed by atoms with Gasteiger partial charge in [0.05, 0.1) is 6.54 Å². The largest absolute Gasteiger partial charge is 0.337 e. The summed E-state index contributed by atoms with van der Waals surface area (Å²) in [7, 11) is 1.80. The lowest BCUT2D eigenvalue weighted by molar-refractivity contribution is 0.240. The van der Waals surface area contributed by atoms with E-state index in [0.717, 1.165) is 12.2 Å². The van der Waals surface area contributed by atoms with Gasteiger partial charge in [-0.3, -0.25) is 4.68 Å². The van der Waals surface area contributed by atoms with E-state index in [1.54, 1.807) is 17.9 Å². The number of amides is 2. The fraction of sp³-hybridized carbons (Fsp3) is 0.700. The van der Waals surface area contributed by atoms with E-state index in [-0.39, 0.29) is 6.03 Å². The summed E-state index contributed by atoms with van der Waals surface area (Å²) in [5.41, 5.74) is 0.758. The van der Waals surface area contributed by atoms with E-state index in [2.05, 4.69) is 27.2 Å². The number of nitrogens with one attached hydrogen (secondary N) is 2. The Labute approximate surface area is 105 Å². The highest BCUT2D eigenvalue weighted by Crippen LogP contribution is 2.46. The predicted molar refractivity (Wildman–Crippen MR) is 66.7 cm³/mol. The minimum atomic E-state index is -0.143. The minimum absolute atomic E-state index is 0.143. The summed E-state index contributed by atoms with van der Waals surface area (Å²) in [4.78, 5) is 11.5. The number of carbonyl (C=O) groups excluding carboxylic acids is 1. The van der Waals surface area contributed by atoms with Crippen LogP contribution in [0.5, 0.6) is 0 Å². The van der Waals surface area contributed by atoms with Crippen LogP contribution in [0.2, 0.25) is 0 Å². The van der Waals surface area contributed by atoms with Gasteiger partial charge in [-0.15, -0.1) is 5.10 Å². The van der Waals surface area contributed by atoms with E-state index in [1.807, 2.05) is 11.8 Å². The normalized spacial score (nSPS) is 16.6. The number of urea groups is 1. The highest BCUT2D eigenvalue weighted by Gasteiger charge is 2.41. The van der Waals surface area contributed by atoms with E-state index in [1.165, 1.54) is 12.8 Å². The topological polar surface area (TPSA) is 71.8 Å². The number of thioether (sulfide) groups is 1. The molecular weight excluding hydrogens is 238 g/mol. The second-order valence-corrected chi connectivity index (χ2v) is 5.58. The third kappa shape index (κ3) is 3.36. The standard InChI is InChI=1S/C10H17N5OS/c1-15-6-8(13-14-15)5-11-9(16)12-7-10(17-2)3-4-10/h6H,3-5,7H2,1-2H3,(H2,11,12,16). The highest BCUT2D eigenvalue weighted by atomic mass is 32.2. The molecule has 0 aliphatic heterocycles. The molecule has 6 nitrogen and oxygen atoms in total. The average molecular weight is 255 g/mol.